The molecule has 0 aromatic heterocycles. The zero-order chi connectivity index (χ0) is 18.5. The highest BCUT2D eigenvalue weighted by Gasteiger charge is 2.61. The Morgan fingerprint density at radius 3 is 2.31 bits per heavy atom. The number of allylic oxidation sites excluding steroid dienone is 1. The summed E-state index contributed by atoms with van der Waals surface area (Å²) in [6.45, 7) is 9.00. The third-order valence-corrected chi connectivity index (χ3v) is 7.46. The Hall–Kier alpha value is -0.750. The van der Waals surface area contributed by atoms with Crippen molar-refractivity contribution >= 4 is 6.29 Å². The molecule has 1 spiro atoms. The van der Waals surface area contributed by atoms with Crippen LogP contribution in [0.4, 0.5) is 0 Å². The fraction of sp³-hybridized carbons (Fsp3) is 0.857. The molecule has 0 aromatic carbocycles. The summed E-state index contributed by atoms with van der Waals surface area (Å²) in [6.07, 6.45) is 8.86. The van der Waals surface area contributed by atoms with E-state index in [1.54, 1.807) is 0 Å². The van der Waals surface area contributed by atoms with E-state index >= 15 is 0 Å². The molecule has 0 amide bonds. The molecule has 5 nitrogen and oxygen atoms in total. The van der Waals surface area contributed by atoms with Gasteiger partial charge >= 0.3 is 0 Å². The number of carbonyl (C=O) groups excluding carboxylic acids is 1. The molecule has 1 saturated carbocycles. The van der Waals surface area contributed by atoms with E-state index < -0.39 is 11.6 Å². The van der Waals surface area contributed by atoms with Gasteiger partial charge in [-0.1, -0.05) is 25.5 Å². The number of hydrogen-bond acceptors (Lipinski definition) is 5. The van der Waals surface area contributed by atoms with Gasteiger partial charge in [0.25, 0.3) is 0 Å². The van der Waals surface area contributed by atoms with Crippen molar-refractivity contribution in [1.82, 2.24) is 0 Å². The Bertz CT molecular complexity index is 587. The van der Waals surface area contributed by atoms with Crippen LogP contribution in [0.25, 0.3) is 0 Å². The van der Waals surface area contributed by atoms with Gasteiger partial charge in [-0.2, -0.15) is 0 Å². The van der Waals surface area contributed by atoms with Gasteiger partial charge in [-0.15, -0.1) is 0 Å². The van der Waals surface area contributed by atoms with Crippen molar-refractivity contribution in [2.75, 3.05) is 26.4 Å². The third-order valence-electron chi connectivity index (χ3n) is 7.46. The van der Waals surface area contributed by atoms with Crippen LogP contribution in [-0.2, 0) is 23.7 Å². The van der Waals surface area contributed by atoms with E-state index in [0.717, 1.165) is 38.5 Å². The van der Waals surface area contributed by atoms with Gasteiger partial charge in [0.05, 0.1) is 26.4 Å². The summed E-state index contributed by atoms with van der Waals surface area (Å²) < 4.78 is 24.2. The van der Waals surface area contributed by atoms with Crippen molar-refractivity contribution in [3.8, 4) is 0 Å². The van der Waals surface area contributed by atoms with Crippen LogP contribution < -0.4 is 0 Å². The highest BCUT2D eigenvalue weighted by molar-refractivity contribution is 5.61. The predicted molar refractivity (Wildman–Crippen MR) is 96.5 cm³/mol. The van der Waals surface area contributed by atoms with Gasteiger partial charge in [0, 0.05) is 23.7 Å². The summed E-state index contributed by atoms with van der Waals surface area (Å²) in [4.78, 5) is 11.9. The first-order chi connectivity index (χ1) is 12.4. The number of fused-ring (bicyclic) bond motifs is 1. The molecule has 4 aliphatic rings. The molecule has 2 heterocycles. The van der Waals surface area contributed by atoms with Crippen molar-refractivity contribution in [1.29, 1.82) is 0 Å². The van der Waals surface area contributed by atoms with Gasteiger partial charge in [0.2, 0.25) is 0 Å². The van der Waals surface area contributed by atoms with Crippen LogP contribution in [0.1, 0.15) is 59.3 Å². The van der Waals surface area contributed by atoms with Crippen molar-refractivity contribution < 1.29 is 23.7 Å². The molecule has 2 aliphatic carbocycles. The number of carbonyl (C=O) groups is 1. The van der Waals surface area contributed by atoms with Crippen LogP contribution in [0.15, 0.2) is 11.6 Å². The van der Waals surface area contributed by atoms with E-state index in [1.165, 1.54) is 11.9 Å². The lowest BCUT2D eigenvalue weighted by atomic mass is 9.52. The molecular weight excluding hydrogens is 332 g/mol. The highest BCUT2D eigenvalue weighted by Crippen LogP contribution is 2.62. The average molecular weight is 364 g/mol. The van der Waals surface area contributed by atoms with Crippen LogP contribution >= 0.6 is 0 Å². The monoisotopic (exact) mass is 364 g/mol. The Balaban J connectivity index is 1.68. The Labute approximate surface area is 156 Å². The summed E-state index contributed by atoms with van der Waals surface area (Å²) in [6, 6.07) is 0. The minimum atomic E-state index is -0.578. The summed E-state index contributed by atoms with van der Waals surface area (Å²) in [5, 5.41) is 0. The smallest absolute Gasteiger partial charge is 0.177 e. The van der Waals surface area contributed by atoms with Crippen molar-refractivity contribution in [2.24, 2.45) is 16.7 Å². The topological polar surface area (TPSA) is 54.0 Å². The molecule has 0 radical (unpaired) electrons. The van der Waals surface area contributed by atoms with E-state index in [1.807, 2.05) is 6.92 Å². The molecule has 26 heavy (non-hydrogen) atoms. The summed E-state index contributed by atoms with van der Waals surface area (Å²) in [7, 11) is 0. The maximum atomic E-state index is 11.9. The lowest BCUT2D eigenvalue weighted by Crippen LogP contribution is -2.56. The molecule has 0 N–H and O–H groups in total. The van der Waals surface area contributed by atoms with E-state index in [0.29, 0.717) is 26.4 Å². The second-order valence-corrected chi connectivity index (χ2v) is 9.03. The van der Waals surface area contributed by atoms with Gasteiger partial charge in [-0.3, -0.25) is 0 Å². The SMILES string of the molecule is CC1(CC[C@]2(C)C3=CCC[C@](C)(C=O)[C@H]3CCC23OCCO3)OCCO1. The first-order valence-electron chi connectivity index (χ1n) is 10.1. The number of hydrogen-bond donors (Lipinski definition) is 0. The predicted octanol–water partition coefficient (Wildman–Crippen LogP) is 3.61. The Morgan fingerprint density at radius 1 is 1.00 bits per heavy atom. The molecule has 2 aliphatic heterocycles. The largest absolute Gasteiger partial charge is 0.348 e. The van der Waals surface area contributed by atoms with Gasteiger partial charge in [-0.05, 0) is 38.5 Å². The second-order valence-electron chi connectivity index (χ2n) is 9.03. The molecule has 0 aromatic rings. The Kier molecular flexibility index (Phi) is 4.58. The zero-order valence-corrected chi connectivity index (χ0v) is 16.3. The minimum absolute atomic E-state index is 0.268. The zero-order valence-electron chi connectivity index (χ0n) is 16.3. The average Bonchev–Trinajstić information content (AvgIpc) is 3.28. The number of rotatable bonds is 4. The standard InChI is InChI=1S/C21H32O5/c1-18(15-22)7-4-5-17-16(18)6-8-21(25-13-14-26-21)19(17,2)9-10-20(3)23-11-12-24-20/h5,15-16H,4,6-14H2,1-3H3/t16-,18+,19+/m0/s1. The van der Waals surface area contributed by atoms with Crippen molar-refractivity contribution in [3.05, 3.63) is 11.6 Å². The molecule has 2 saturated heterocycles. The molecule has 5 heteroatoms. The second kappa shape index (κ2) is 6.40. The van der Waals surface area contributed by atoms with Gasteiger partial charge in [0.15, 0.2) is 11.6 Å². The van der Waals surface area contributed by atoms with Crippen LogP contribution in [0.5, 0.6) is 0 Å². The van der Waals surface area contributed by atoms with Gasteiger partial charge in [-0.25, -0.2) is 0 Å². The lowest BCUT2D eigenvalue weighted by Gasteiger charge is -2.56. The third kappa shape index (κ3) is 2.70. The lowest BCUT2D eigenvalue weighted by molar-refractivity contribution is -0.250. The molecule has 0 bridgehead atoms. The molecule has 3 fully saturated rings. The normalized spacial score (nSPS) is 41.0. The van der Waals surface area contributed by atoms with E-state index in [4.69, 9.17) is 18.9 Å². The summed E-state index contributed by atoms with van der Waals surface area (Å²) in [5.74, 6) is -0.833. The van der Waals surface area contributed by atoms with Gasteiger partial charge < -0.3 is 23.7 Å². The first kappa shape index (κ1) is 18.6. The van der Waals surface area contributed by atoms with Crippen LogP contribution in [0.3, 0.4) is 0 Å². The van der Waals surface area contributed by atoms with E-state index in [-0.39, 0.29) is 16.7 Å². The molecular formula is C21H32O5. The highest BCUT2D eigenvalue weighted by atomic mass is 16.7. The fourth-order valence-electron chi connectivity index (χ4n) is 5.71. The van der Waals surface area contributed by atoms with Crippen LogP contribution in [0, 0.1) is 16.7 Å². The van der Waals surface area contributed by atoms with Crippen LogP contribution in [-0.4, -0.2) is 44.3 Å². The molecule has 4 rings (SSSR count). The number of aldehydes is 1. The summed E-state index contributed by atoms with van der Waals surface area (Å²) >= 11 is 0. The quantitative estimate of drug-likeness (QED) is 0.563. The maximum Gasteiger partial charge on any atom is 0.177 e. The molecule has 146 valence electrons. The number of ether oxygens (including phenoxy) is 4. The minimum Gasteiger partial charge on any atom is -0.348 e. The Morgan fingerprint density at radius 2 is 1.65 bits per heavy atom. The van der Waals surface area contributed by atoms with Crippen LogP contribution in [0.2, 0.25) is 0 Å². The van der Waals surface area contributed by atoms with E-state index in [9.17, 15) is 4.79 Å². The molecule has 0 unspecified atom stereocenters. The van der Waals surface area contributed by atoms with Crippen molar-refractivity contribution in [3.63, 3.8) is 0 Å². The summed E-state index contributed by atoms with van der Waals surface area (Å²) in [5.41, 5.74) is 0.804. The van der Waals surface area contributed by atoms with E-state index in [2.05, 4.69) is 19.9 Å². The van der Waals surface area contributed by atoms with Gasteiger partial charge in [0.1, 0.15) is 6.29 Å². The van der Waals surface area contributed by atoms with Crippen molar-refractivity contribution in [2.45, 2.75) is 70.9 Å². The fourth-order valence-corrected chi connectivity index (χ4v) is 5.71. The maximum absolute atomic E-state index is 11.9. The molecule has 3 atom stereocenters. The first-order valence-corrected chi connectivity index (χ1v) is 10.1.